The summed E-state index contributed by atoms with van der Waals surface area (Å²) >= 11 is 0. The number of hydrogen-bond acceptors (Lipinski definition) is 1. The summed E-state index contributed by atoms with van der Waals surface area (Å²) in [5.74, 6) is 0.808. The second-order valence-electron chi connectivity index (χ2n) is 6.49. The second-order valence-corrected chi connectivity index (χ2v) is 6.49. The van der Waals surface area contributed by atoms with Gasteiger partial charge in [-0.3, -0.25) is 0 Å². The zero-order chi connectivity index (χ0) is 14.7. The summed E-state index contributed by atoms with van der Waals surface area (Å²) in [6, 6.07) is 14.1. The number of fused-ring (bicyclic) bond motifs is 1. The first kappa shape index (κ1) is 14.6. The molecule has 0 heterocycles. The van der Waals surface area contributed by atoms with Gasteiger partial charge in [-0.25, -0.2) is 0 Å². The highest BCUT2D eigenvalue weighted by molar-refractivity contribution is 5.89. The Kier molecular flexibility index (Phi) is 4.60. The molecule has 112 valence electrons. The highest BCUT2D eigenvalue weighted by Gasteiger charge is 2.27. The fourth-order valence-electron chi connectivity index (χ4n) is 3.87. The Morgan fingerprint density at radius 3 is 2.48 bits per heavy atom. The Balaban J connectivity index is 2.03. The summed E-state index contributed by atoms with van der Waals surface area (Å²) in [6.07, 6.45) is 6.76. The topological polar surface area (TPSA) is 12.0 Å². The molecular weight excluding hydrogens is 254 g/mol. The largest absolute Gasteiger partial charge is 0.310 e. The zero-order valence-corrected chi connectivity index (χ0v) is 13.4. The van der Waals surface area contributed by atoms with Crippen molar-refractivity contribution in [1.29, 1.82) is 0 Å². The average Bonchev–Trinajstić information content (AvgIpc) is 3.04. The maximum Gasteiger partial charge on any atom is 0.0354 e. The van der Waals surface area contributed by atoms with E-state index in [1.165, 1.54) is 54.0 Å². The van der Waals surface area contributed by atoms with Gasteiger partial charge in [0.25, 0.3) is 0 Å². The minimum atomic E-state index is 0.526. The molecule has 0 aromatic heterocycles. The van der Waals surface area contributed by atoms with Crippen LogP contribution in [0.3, 0.4) is 0 Å². The van der Waals surface area contributed by atoms with Crippen LogP contribution >= 0.6 is 0 Å². The first-order chi connectivity index (χ1) is 10.3. The molecule has 1 N–H and O–H groups in total. The molecule has 0 amide bonds. The van der Waals surface area contributed by atoms with Crippen LogP contribution in [0.2, 0.25) is 0 Å². The number of hydrogen-bond donors (Lipinski definition) is 1. The monoisotopic (exact) mass is 281 g/mol. The highest BCUT2D eigenvalue weighted by atomic mass is 14.9. The minimum absolute atomic E-state index is 0.526. The van der Waals surface area contributed by atoms with Gasteiger partial charge in [-0.1, -0.05) is 56.2 Å². The van der Waals surface area contributed by atoms with Crippen LogP contribution in [0.4, 0.5) is 0 Å². The molecule has 1 nitrogen and oxygen atoms in total. The molecule has 1 unspecified atom stereocenters. The van der Waals surface area contributed by atoms with Crippen molar-refractivity contribution in [3.05, 3.63) is 47.5 Å². The Hall–Kier alpha value is -1.34. The van der Waals surface area contributed by atoms with E-state index in [2.05, 4.69) is 55.6 Å². The van der Waals surface area contributed by atoms with Gasteiger partial charge in [0.05, 0.1) is 0 Å². The molecule has 1 atom stereocenters. The summed E-state index contributed by atoms with van der Waals surface area (Å²) in [6.45, 7) is 5.59. The van der Waals surface area contributed by atoms with Crippen molar-refractivity contribution in [2.24, 2.45) is 5.92 Å². The highest BCUT2D eigenvalue weighted by Crippen LogP contribution is 2.38. The van der Waals surface area contributed by atoms with Gasteiger partial charge in [-0.05, 0) is 60.5 Å². The third-order valence-electron chi connectivity index (χ3n) is 5.00. The molecule has 0 saturated heterocycles. The molecule has 1 heteroatoms. The van der Waals surface area contributed by atoms with Gasteiger partial charge in [0, 0.05) is 6.04 Å². The van der Waals surface area contributed by atoms with E-state index >= 15 is 0 Å². The first-order valence-corrected chi connectivity index (χ1v) is 8.53. The molecule has 1 aliphatic carbocycles. The lowest BCUT2D eigenvalue weighted by molar-refractivity contribution is 0.370. The third kappa shape index (κ3) is 2.98. The first-order valence-electron chi connectivity index (χ1n) is 8.53. The Bertz CT molecular complexity index is 596. The van der Waals surface area contributed by atoms with Crippen LogP contribution in [0, 0.1) is 12.8 Å². The lowest BCUT2D eigenvalue weighted by Crippen LogP contribution is -2.28. The van der Waals surface area contributed by atoms with Crippen molar-refractivity contribution >= 4 is 10.8 Å². The molecule has 21 heavy (non-hydrogen) atoms. The van der Waals surface area contributed by atoms with E-state index in [1.54, 1.807) is 0 Å². The van der Waals surface area contributed by atoms with Gasteiger partial charge in [-0.2, -0.15) is 0 Å². The van der Waals surface area contributed by atoms with Crippen molar-refractivity contribution in [1.82, 2.24) is 5.32 Å². The molecule has 0 aliphatic heterocycles. The van der Waals surface area contributed by atoms with Crippen LogP contribution in [0.15, 0.2) is 36.4 Å². The molecule has 0 radical (unpaired) electrons. The Labute approximate surface area is 128 Å². The SMILES string of the molecule is CCCNC(c1ccc(C)c2ccccc12)C1CCCC1. The van der Waals surface area contributed by atoms with Crippen LogP contribution in [0.5, 0.6) is 0 Å². The predicted molar refractivity (Wildman–Crippen MR) is 91.7 cm³/mol. The molecule has 1 saturated carbocycles. The summed E-state index contributed by atoms with van der Waals surface area (Å²) in [7, 11) is 0. The van der Waals surface area contributed by atoms with Crippen LogP contribution < -0.4 is 5.32 Å². The number of rotatable bonds is 5. The van der Waals surface area contributed by atoms with Crippen LogP contribution in [0.25, 0.3) is 10.8 Å². The van der Waals surface area contributed by atoms with Crippen LogP contribution in [-0.4, -0.2) is 6.54 Å². The van der Waals surface area contributed by atoms with Crippen molar-refractivity contribution < 1.29 is 0 Å². The second kappa shape index (κ2) is 6.62. The molecule has 3 rings (SSSR count). The zero-order valence-electron chi connectivity index (χ0n) is 13.4. The van der Waals surface area contributed by atoms with Gasteiger partial charge >= 0.3 is 0 Å². The smallest absolute Gasteiger partial charge is 0.0354 e. The average molecular weight is 281 g/mol. The lowest BCUT2D eigenvalue weighted by atomic mass is 9.87. The molecular formula is C20H27N. The summed E-state index contributed by atoms with van der Waals surface area (Å²) in [4.78, 5) is 0. The van der Waals surface area contributed by atoms with E-state index in [4.69, 9.17) is 0 Å². The van der Waals surface area contributed by atoms with Gasteiger partial charge in [-0.15, -0.1) is 0 Å². The van der Waals surface area contributed by atoms with Gasteiger partial charge < -0.3 is 5.32 Å². The molecule has 0 bridgehead atoms. The Morgan fingerprint density at radius 2 is 1.76 bits per heavy atom. The van der Waals surface area contributed by atoms with Gasteiger partial charge in [0.1, 0.15) is 0 Å². The van der Waals surface area contributed by atoms with Gasteiger partial charge in [0.2, 0.25) is 0 Å². The van der Waals surface area contributed by atoms with E-state index in [1.807, 2.05) is 0 Å². The van der Waals surface area contributed by atoms with E-state index in [0.29, 0.717) is 6.04 Å². The molecule has 1 aliphatic rings. The fourth-order valence-corrected chi connectivity index (χ4v) is 3.87. The van der Waals surface area contributed by atoms with E-state index in [0.717, 1.165) is 12.5 Å². The van der Waals surface area contributed by atoms with Crippen LogP contribution in [-0.2, 0) is 0 Å². The minimum Gasteiger partial charge on any atom is -0.310 e. The maximum atomic E-state index is 3.84. The maximum absolute atomic E-state index is 3.84. The number of nitrogens with one attached hydrogen (secondary N) is 1. The molecule has 0 spiro atoms. The number of aryl methyl sites for hydroxylation is 1. The van der Waals surface area contributed by atoms with Crippen molar-refractivity contribution in [2.75, 3.05) is 6.54 Å². The van der Waals surface area contributed by atoms with Crippen molar-refractivity contribution in [3.63, 3.8) is 0 Å². The Morgan fingerprint density at radius 1 is 1.05 bits per heavy atom. The molecule has 1 fully saturated rings. The lowest BCUT2D eigenvalue weighted by Gasteiger charge is -2.27. The van der Waals surface area contributed by atoms with E-state index in [9.17, 15) is 0 Å². The molecule has 2 aromatic rings. The standard InChI is InChI=1S/C20H27N/c1-3-14-21-20(16-8-4-5-9-16)19-13-12-15(2)17-10-6-7-11-18(17)19/h6-7,10-13,16,20-21H,3-5,8-9,14H2,1-2H3. The summed E-state index contributed by atoms with van der Waals surface area (Å²) in [5.41, 5.74) is 2.89. The predicted octanol–water partition coefficient (Wildman–Crippen LogP) is 5.38. The van der Waals surface area contributed by atoms with Crippen molar-refractivity contribution in [3.8, 4) is 0 Å². The summed E-state index contributed by atoms with van der Waals surface area (Å²) < 4.78 is 0. The normalized spacial score (nSPS) is 17.4. The van der Waals surface area contributed by atoms with Crippen LogP contribution in [0.1, 0.15) is 56.2 Å². The quantitative estimate of drug-likeness (QED) is 0.776. The fraction of sp³-hybridized carbons (Fsp3) is 0.500. The van der Waals surface area contributed by atoms with Gasteiger partial charge in [0.15, 0.2) is 0 Å². The van der Waals surface area contributed by atoms with Crippen molar-refractivity contribution in [2.45, 2.75) is 52.0 Å². The summed E-state index contributed by atoms with van der Waals surface area (Å²) in [5, 5.41) is 6.70. The third-order valence-corrected chi connectivity index (χ3v) is 5.00. The number of benzene rings is 2. The van der Waals surface area contributed by atoms with E-state index < -0.39 is 0 Å². The van der Waals surface area contributed by atoms with E-state index in [-0.39, 0.29) is 0 Å². The molecule has 2 aromatic carbocycles.